The van der Waals surface area contributed by atoms with Gasteiger partial charge in [-0.15, -0.1) is 0 Å². The fourth-order valence-electron chi connectivity index (χ4n) is 15.5. The standard InChI is InChI=1S/C90H50N8O4/c1-2-15-52(16-3-1)85-91-87(58-33-39-65-70-47-56(37-43-79(70)101-82(65)49-58)55-36-42-78-69(46-55)64-20-7-12-26-76(64)99-78)96-90(93-85)98-74-25-11-6-19-63(74)68-45-54(35-41-75(68)98)51-29-31-53(32-30-51)86-92-88(95-89(94-86)97-72-23-9-4-17-61(72)62-18-5-10-24-73(62)97)59-34-40-66-71-48-57(38-44-80(71)102-83(66)50-59)60-22-14-28-81-84(60)67-21-8-13-27-77(67)100-81/h1-50H. The summed E-state index contributed by atoms with van der Waals surface area (Å²) in [6.07, 6.45) is 0. The molecule has 12 nitrogen and oxygen atoms in total. The van der Waals surface area contributed by atoms with Crippen molar-refractivity contribution >= 4 is 131 Å². The Morgan fingerprint density at radius 1 is 0.186 bits per heavy atom. The van der Waals surface area contributed by atoms with Crippen molar-refractivity contribution in [3.63, 3.8) is 0 Å². The van der Waals surface area contributed by atoms with Crippen molar-refractivity contribution in [1.82, 2.24) is 39.0 Å². The highest BCUT2D eigenvalue weighted by Gasteiger charge is 2.24. The van der Waals surface area contributed by atoms with Crippen LogP contribution in [0.1, 0.15) is 0 Å². The molecule has 0 fully saturated rings. The van der Waals surface area contributed by atoms with Crippen LogP contribution in [-0.2, 0) is 0 Å². The van der Waals surface area contributed by atoms with Crippen molar-refractivity contribution in [3.05, 3.63) is 303 Å². The molecule has 0 unspecified atom stereocenters. The topological polar surface area (TPSA) is 140 Å². The lowest BCUT2D eigenvalue weighted by molar-refractivity contribution is 0.668. The Hall–Kier alpha value is -14.1. The zero-order valence-electron chi connectivity index (χ0n) is 54.1. The molecule has 0 saturated heterocycles. The van der Waals surface area contributed by atoms with Gasteiger partial charge < -0.3 is 17.7 Å². The minimum absolute atomic E-state index is 0.497. The third kappa shape index (κ3) is 8.69. The first kappa shape index (κ1) is 56.0. The molecule has 0 saturated carbocycles. The molecule has 0 amide bonds. The van der Waals surface area contributed by atoms with Crippen LogP contribution in [0.25, 0.3) is 222 Å². The highest BCUT2D eigenvalue weighted by atomic mass is 16.3. The van der Waals surface area contributed by atoms with Gasteiger partial charge in [0.05, 0.1) is 22.1 Å². The molecule has 0 spiro atoms. The molecular formula is C90H50N8O4. The second kappa shape index (κ2) is 21.7. The van der Waals surface area contributed by atoms with E-state index >= 15 is 0 Å². The van der Waals surface area contributed by atoms with Crippen LogP contribution >= 0.6 is 0 Å². The van der Waals surface area contributed by atoms with E-state index in [1.54, 1.807) is 0 Å². The molecule has 102 heavy (non-hydrogen) atoms. The molecule has 0 aliphatic carbocycles. The number of hydrogen-bond donors (Lipinski definition) is 0. The Kier molecular flexibility index (Phi) is 11.9. The van der Waals surface area contributed by atoms with Gasteiger partial charge in [-0.1, -0.05) is 194 Å². The lowest BCUT2D eigenvalue weighted by Crippen LogP contribution is -2.06. The Morgan fingerprint density at radius 3 is 1.12 bits per heavy atom. The second-order valence-corrected chi connectivity index (χ2v) is 26.1. The third-order valence-electron chi connectivity index (χ3n) is 20.3. The normalized spacial score (nSPS) is 12.1. The van der Waals surface area contributed by atoms with E-state index in [-0.39, 0.29) is 0 Å². The predicted molar refractivity (Wildman–Crippen MR) is 409 cm³/mol. The molecular weight excluding hydrogens is 1260 g/mol. The first-order valence-electron chi connectivity index (χ1n) is 33.9. The van der Waals surface area contributed by atoms with Gasteiger partial charge in [-0.05, 0) is 143 Å². The Morgan fingerprint density at radius 2 is 0.539 bits per heavy atom. The summed E-state index contributed by atoms with van der Waals surface area (Å²) in [5, 5.41) is 12.7. The fraction of sp³-hybridized carbons (Fsp3) is 0. The lowest BCUT2D eigenvalue weighted by atomic mass is 9.98. The summed E-state index contributed by atoms with van der Waals surface area (Å²) in [6, 6.07) is 105. The SMILES string of the molecule is c1ccc(-c2nc(-c3ccc4c(c3)oc3ccc(-c5ccc6oc7ccccc7c6c5)cc34)nc(-n3c4ccccc4c4cc(-c5ccc(-c6nc(-c7ccc8c(c7)oc7ccc(-c9cccc%10oc%11ccccc%11c9%10)cc78)nc(-n7c8ccccc8c8ccccc87)n6)cc5)ccc43)n2)cc1. The van der Waals surface area contributed by atoms with Gasteiger partial charge in [0, 0.05) is 86.9 Å². The number of nitrogens with zero attached hydrogens (tertiary/aromatic N) is 8. The maximum absolute atomic E-state index is 6.69. The molecule has 0 N–H and O–H groups in total. The van der Waals surface area contributed by atoms with Gasteiger partial charge in [0.15, 0.2) is 23.3 Å². The highest BCUT2D eigenvalue weighted by Crippen LogP contribution is 2.43. The van der Waals surface area contributed by atoms with E-state index in [2.05, 4.69) is 240 Å². The number of hydrogen-bond acceptors (Lipinski definition) is 10. The van der Waals surface area contributed by atoms with Crippen molar-refractivity contribution in [2.24, 2.45) is 0 Å². The van der Waals surface area contributed by atoms with Crippen LogP contribution in [0.2, 0.25) is 0 Å². The zero-order chi connectivity index (χ0) is 66.7. The van der Waals surface area contributed by atoms with E-state index in [0.29, 0.717) is 35.2 Å². The van der Waals surface area contributed by atoms with Gasteiger partial charge in [-0.25, -0.2) is 9.97 Å². The monoisotopic (exact) mass is 1310 g/mol. The molecule has 8 aromatic heterocycles. The minimum atomic E-state index is 0.497. The maximum Gasteiger partial charge on any atom is 0.238 e. The summed E-state index contributed by atoms with van der Waals surface area (Å²) in [4.78, 5) is 31.8. The number of benzene rings is 14. The van der Waals surface area contributed by atoms with Crippen molar-refractivity contribution < 1.29 is 17.7 Å². The van der Waals surface area contributed by atoms with E-state index in [9.17, 15) is 0 Å². The minimum Gasteiger partial charge on any atom is -0.456 e. The third-order valence-corrected chi connectivity index (χ3v) is 20.3. The van der Waals surface area contributed by atoms with Gasteiger partial charge in [0.2, 0.25) is 11.9 Å². The summed E-state index contributed by atoms with van der Waals surface area (Å²) < 4.78 is 30.1. The van der Waals surface area contributed by atoms with E-state index < -0.39 is 0 Å². The molecule has 0 aliphatic rings. The molecule has 0 atom stereocenters. The molecule has 14 aromatic carbocycles. The summed E-state index contributed by atoms with van der Waals surface area (Å²) >= 11 is 0. The Bertz CT molecular complexity index is 7220. The van der Waals surface area contributed by atoms with Crippen LogP contribution < -0.4 is 0 Å². The lowest BCUT2D eigenvalue weighted by Gasteiger charge is -2.12. The van der Waals surface area contributed by atoms with Gasteiger partial charge in [0.1, 0.15) is 44.7 Å². The van der Waals surface area contributed by atoms with Gasteiger partial charge >= 0.3 is 0 Å². The Labute approximate surface area is 578 Å². The average Bonchev–Trinajstić information content (AvgIpc) is 1.58. The van der Waals surface area contributed by atoms with Gasteiger partial charge in [0.25, 0.3) is 0 Å². The smallest absolute Gasteiger partial charge is 0.238 e. The predicted octanol–water partition coefficient (Wildman–Crippen LogP) is 23.5. The maximum atomic E-state index is 6.69. The van der Waals surface area contributed by atoms with Crippen LogP contribution in [0.3, 0.4) is 0 Å². The number of aromatic nitrogens is 8. The van der Waals surface area contributed by atoms with E-state index in [1.165, 1.54) is 0 Å². The second-order valence-electron chi connectivity index (χ2n) is 26.1. The van der Waals surface area contributed by atoms with E-state index in [0.717, 1.165) is 187 Å². The average molecular weight is 1310 g/mol. The fourth-order valence-corrected chi connectivity index (χ4v) is 15.5. The number of fused-ring (bicyclic) bond motifs is 18. The molecule has 22 aromatic rings. The molecule has 0 bridgehead atoms. The highest BCUT2D eigenvalue weighted by molar-refractivity contribution is 6.16. The van der Waals surface area contributed by atoms with Crippen LogP contribution in [0.4, 0.5) is 0 Å². The van der Waals surface area contributed by atoms with E-state index in [1.807, 2.05) is 72.8 Å². The zero-order valence-corrected chi connectivity index (χ0v) is 54.1. The largest absolute Gasteiger partial charge is 0.456 e. The molecule has 8 heterocycles. The number of furan rings is 4. The molecule has 22 rings (SSSR count). The van der Waals surface area contributed by atoms with Crippen molar-refractivity contribution in [2.45, 2.75) is 0 Å². The summed E-state index contributed by atoms with van der Waals surface area (Å²) in [5.41, 5.74) is 20.2. The van der Waals surface area contributed by atoms with Crippen LogP contribution in [0.5, 0.6) is 0 Å². The van der Waals surface area contributed by atoms with Gasteiger partial charge in [-0.2, -0.15) is 19.9 Å². The summed E-state index contributed by atoms with van der Waals surface area (Å²) in [6.45, 7) is 0. The van der Waals surface area contributed by atoms with Crippen LogP contribution in [0, 0.1) is 0 Å². The van der Waals surface area contributed by atoms with Gasteiger partial charge in [-0.3, -0.25) is 9.13 Å². The van der Waals surface area contributed by atoms with Crippen molar-refractivity contribution in [3.8, 4) is 90.8 Å². The molecule has 12 heteroatoms. The first-order chi connectivity index (χ1) is 50.5. The molecule has 0 radical (unpaired) electrons. The number of para-hydroxylation sites is 5. The van der Waals surface area contributed by atoms with Crippen molar-refractivity contribution in [2.75, 3.05) is 0 Å². The van der Waals surface area contributed by atoms with Crippen molar-refractivity contribution in [1.29, 1.82) is 0 Å². The first-order valence-corrected chi connectivity index (χ1v) is 33.9. The van der Waals surface area contributed by atoms with Crippen LogP contribution in [0.15, 0.2) is 321 Å². The summed E-state index contributed by atoms with van der Waals surface area (Å²) in [7, 11) is 0. The Balaban J connectivity index is 0.627. The van der Waals surface area contributed by atoms with E-state index in [4.69, 9.17) is 47.6 Å². The van der Waals surface area contributed by atoms with Crippen LogP contribution in [-0.4, -0.2) is 39.0 Å². The molecule has 0 aliphatic heterocycles. The molecule has 474 valence electrons. The quantitative estimate of drug-likeness (QED) is 0.137. The summed E-state index contributed by atoms with van der Waals surface area (Å²) in [5.74, 6) is 3.13. The number of rotatable bonds is 9.